The number of hydrogen-bond acceptors (Lipinski definition) is 4. The molecule has 1 aliphatic heterocycles. The molecule has 0 N–H and O–H groups in total. The lowest BCUT2D eigenvalue weighted by atomic mass is 10.2. The first-order valence-electron chi connectivity index (χ1n) is 6.21. The Hall–Kier alpha value is -1.20. The van der Waals surface area contributed by atoms with Crippen LogP contribution in [0.1, 0.15) is 23.8 Å². The minimum atomic E-state index is -0.0599. The highest BCUT2D eigenvalue weighted by Crippen LogP contribution is 2.08. The molecule has 0 unspecified atom stereocenters. The van der Waals surface area contributed by atoms with Crippen LogP contribution in [0.5, 0.6) is 0 Å². The molecule has 0 atom stereocenters. The smallest absolute Gasteiger partial charge is 0.274 e. The standard InChI is InChI=1S/C12H17ClN4O/c1-2-5-16-6-8-17(9-7-16)12(18)10-3-4-11(13)15-14-10/h3-4H,2,5-9H2,1H3. The second-order valence-electron chi connectivity index (χ2n) is 4.38. The quantitative estimate of drug-likeness (QED) is 0.829. The molecular formula is C12H17ClN4O. The second-order valence-corrected chi connectivity index (χ2v) is 4.76. The van der Waals surface area contributed by atoms with Crippen molar-refractivity contribution in [3.05, 3.63) is 23.0 Å². The van der Waals surface area contributed by atoms with Crippen LogP contribution in [-0.4, -0.2) is 58.6 Å². The number of aromatic nitrogens is 2. The van der Waals surface area contributed by atoms with Crippen LogP contribution in [0.25, 0.3) is 0 Å². The first kappa shape index (κ1) is 13.2. The van der Waals surface area contributed by atoms with E-state index in [9.17, 15) is 4.79 Å². The molecule has 1 fully saturated rings. The predicted octanol–water partition coefficient (Wildman–Crippen LogP) is 1.30. The first-order valence-corrected chi connectivity index (χ1v) is 6.59. The summed E-state index contributed by atoms with van der Waals surface area (Å²) in [5, 5.41) is 7.82. The molecule has 1 amide bonds. The summed E-state index contributed by atoms with van der Waals surface area (Å²) in [6, 6.07) is 3.21. The first-order chi connectivity index (χ1) is 8.70. The molecule has 98 valence electrons. The number of carbonyl (C=O) groups excluding carboxylic acids is 1. The number of carbonyl (C=O) groups is 1. The Morgan fingerprint density at radius 3 is 2.56 bits per heavy atom. The molecule has 1 saturated heterocycles. The largest absolute Gasteiger partial charge is 0.335 e. The summed E-state index contributed by atoms with van der Waals surface area (Å²) in [5.74, 6) is -0.0599. The van der Waals surface area contributed by atoms with Crippen molar-refractivity contribution < 1.29 is 4.79 Å². The highest BCUT2D eigenvalue weighted by atomic mass is 35.5. The fraction of sp³-hybridized carbons (Fsp3) is 0.583. The van der Waals surface area contributed by atoms with Gasteiger partial charge in [0, 0.05) is 26.2 Å². The zero-order valence-electron chi connectivity index (χ0n) is 10.5. The number of rotatable bonds is 3. The van der Waals surface area contributed by atoms with Gasteiger partial charge in [0.1, 0.15) is 0 Å². The van der Waals surface area contributed by atoms with Crippen molar-refractivity contribution in [3.63, 3.8) is 0 Å². The number of piperazine rings is 1. The maximum atomic E-state index is 12.1. The molecule has 6 heteroatoms. The molecule has 18 heavy (non-hydrogen) atoms. The van der Waals surface area contributed by atoms with Crippen molar-refractivity contribution in [3.8, 4) is 0 Å². The van der Waals surface area contributed by atoms with Gasteiger partial charge < -0.3 is 4.90 Å². The third-order valence-electron chi connectivity index (χ3n) is 3.05. The van der Waals surface area contributed by atoms with Crippen molar-refractivity contribution in [1.29, 1.82) is 0 Å². The lowest BCUT2D eigenvalue weighted by Crippen LogP contribution is -2.48. The molecule has 0 saturated carbocycles. The summed E-state index contributed by atoms with van der Waals surface area (Å²) in [4.78, 5) is 16.3. The molecule has 1 aromatic rings. The maximum Gasteiger partial charge on any atom is 0.274 e. The Balaban J connectivity index is 1.93. The van der Waals surface area contributed by atoms with Crippen LogP contribution in [0.2, 0.25) is 5.15 Å². The van der Waals surface area contributed by atoms with E-state index in [-0.39, 0.29) is 5.91 Å². The van der Waals surface area contributed by atoms with Gasteiger partial charge in [-0.1, -0.05) is 18.5 Å². The van der Waals surface area contributed by atoms with Gasteiger partial charge >= 0.3 is 0 Å². The van der Waals surface area contributed by atoms with Gasteiger partial charge in [0.05, 0.1) is 0 Å². The summed E-state index contributed by atoms with van der Waals surface area (Å²) < 4.78 is 0. The SMILES string of the molecule is CCCN1CCN(C(=O)c2ccc(Cl)nn2)CC1. The molecule has 2 rings (SSSR count). The molecule has 2 heterocycles. The Morgan fingerprint density at radius 2 is 2.00 bits per heavy atom. The number of amides is 1. The minimum absolute atomic E-state index is 0.0599. The number of hydrogen-bond donors (Lipinski definition) is 0. The van der Waals surface area contributed by atoms with E-state index in [1.807, 2.05) is 4.90 Å². The van der Waals surface area contributed by atoms with E-state index in [4.69, 9.17) is 11.6 Å². The molecular weight excluding hydrogens is 252 g/mol. The van der Waals surface area contributed by atoms with E-state index in [1.54, 1.807) is 12.1 Å². The zero-order chi connectivity index (χ0) is 13.0. The van der Waals surface area contributed by atoms with E-state index >= 15 is 0 Å². The third kappa shape index (κ3) is 3.17. The molecule has 0 radical (unpaired) electrons. The fourth-order valence-corrected chi connectivity index (χ4v) is 2.18. The Morgan fingerprint density at radius 1 is 1.28 bits per heavy atom. The Kier molecular flexibility index (Phi) is 4.49. The Labute approximate surface area is 112 Å². The maximum absolute atomic E-state index is 12.1. The van der Waals surface area contributed by atoms with Crippen molar-refractivity contribution in [2.45, 2.75) is 13.3 Å². The summed E-state index contributed by atoms with van der Waals surface area (Å²) in [5.41, 5.74) is 0.364. The molecule has 0 aromatic carbocycles. The zero-order valence-corrected chi connectivity index (χ0v) is 11.2. The van der Waals surface area contributed by atoms with E-state index in [0.717, 1.165) is 39.1 Å². The average Bonchev–Trinajstić information content (AvgIpc) is 2.40. The van der Waals surface area contributed by atoms with Crippen LogP contribution in [0.4, 0.5) is 0 Å². The van der Waals surface area contributed by atoms with Crippen molar-refractivity contribution >= 4 is 17.5 Å². The molecule has 0 aliphatic carbocycles. The monoisotopic (exact) mass is 268 g/mol. The van der Waals surface area contributed by atoms with Crippen LogP contribution in [0.3, 0.4) is 0 Å². The second kappa shape index (κ2) is 6.11. The molecule has 0 spiro atoms. The highest BCUT2D eigenvalue weighted by molar-refractivity contribution is 6.29. The lowest BCUT2D eigenvalue weighted by Gasteiger charge is -2.34. The average molecular weight is 269 g/mol. The summed E-state index contributed by atoms with van der Waals surface area (Å²) >= 11 is 5.65. The Bertz CT molecular complexity index is 401. The van der Waals surface area contributed by atoms with Crippen molar-refractivity contribution in [2.75, 3.05) is 32.7 Å². The highest BCUT2D eigenvalue weighted by Gasteiger charge is 2.22. The van der Waals surface area contributed by atoms with Crippen molar-refractivity contribution in [2.24, 2.45) is 0 Å². The van der Waals surface area contributed by atoms with Gasteiger partial charge in [0.15, 0.2) is 10.8 Å². The summed E-state index contributed by atoms with van der Waals surface area (Å²) in [7, 11) is 0. The van der Waals surface area contributed by atoms with Crippen LogP contribution in [0, 0.1) is 0 Å². The molecule has 1 aliphatic rings. The topological polar surface area (TPSA) is 49.3 Å². The van der Waals surface area contributed by atoms with Crippen LogP contribution < -0.4 is 0 Å². The van der Waals surface area contributed by atoms with Gasteiger partial charge in [-0.15, -0.1) is 10.2 Å². The van der Waals surface area contributed by atoms with Gasteiger partial charge in [-0.25, -0.2) is 0 Å². The molecule has 5 nitrogen and oxygen atoms in total. The van der Waals surface area contributed by atoms with Gasteiger partial charge in [-0.2, -0.15) is 0 Å². The van der Waals surface area contributed by atoms with Gasteiger partial charge in [-0.05, 0) is 25.1 Å². The van der Waals surface area contributed by atoms with Gasteiger partial charge in [0.25, 0.3) is 5.91 Å². The lowest BCUT2D eigenvalue weighted by molar-refractivity contribution is 0.0630. The summed E-state index contributed by atoms with van der Waals surface area (Å²) in [6.45, 7) is 6.64. The normalized spacial score (nSPS) is 16.9. The minimum Gasteiger partial charge on any atom is -0.335 e. The van der Waals surface area contributed by atoms with E-state index in [1.165, 1.54) is 0 Å². The summed E-state index contributed by atoms with van der Waals surface area (Å²) in [6.07, 6.45) is 1.15. The van der Waals surface area contributed by atoms with Crippen LogP contribution in [0.15, 0.2) is 12.1 Å². The molecule has 1 aromatic heterocycles. The van der Waals surface area contributed by atoms with Gasteiger partial charge in [0.2, 0.25) is 0 Å². The number of halogens is 1. The van der Waals surface area contributed by atoms with Crippen LogP contribution >= 0.6 is 11.6 Å². The fourth-order valence-electron chi connectivity index (χ4n) is 2.08. The third-order valence-corrected chi connectivity index (χ3v) is 3.25. The van der Waals surface area contributed by atoms with Crippen molar-refractivity contribution in [1.82, 2.24) is 20.0 Å². The van der Waals surface area contributed by atoms with E-state index in [0.29, 0.717) is 10.8 Å². The molecule has 0 bridgehead atoms. The van der Waals surface area contributed by atoms with E-state index < -0.39 is 0 Å². The van der Waals surface area contributed by atoms with E-state index in [2.05, 4.69) is 22.0 Å². The van der Waals surface area contributed by atoms with Crippen LogP contribution in [-0.2, 0) is 0 Å². The number of nitrogens with zero attached hydrogens (tertiary/aromatic N) is 4. The van der Waals surface area contributed by atoms with Gasteiger partial charge in [-0.3, -0.25) is 9.69 Å². The predicted molar refractivity (Wildman–Crippen MR) is 69.7 cm³/mol.